The fourth-order valence-corrected chi connectivity index (χ4v) is 1.63. The van der Waals surface area contributed by atoms with E-state index in [4.69, 9.17) is 14.7 Å². The van der Waals surface area contributed by atoms with Gasteiger partial charge in [0.25, 0.3) is 5.79 Å². The molecule has 0 spiro atoms. The van der Waals surface area contributed by atoms with Gasteiger partial charge in [0.05, 0.1) is 0 Å². The Balaban J connectivity index is 2.57. The molecule has 1 fully saturated rings. The molecule has 0 radical (unpaired) electrons. The minimum absolute atomic E-state index is 0.0473. The van der Waals surface area contributed by atoms with Gasteiger partial charge in [-0.1, -0.05) is 13.8 Å². The number of hydrogen-bond acceptors (Lipinski definition) is 4. The summed E-state index contributed by atoms with van der Waals surface area (Å²) >= 11 is 0. The molecule has 14 heavy (non-hydrogen) atoms. The highest BCUT2D eigenvalue weighted by Crippen LogP contribution is 2.27. The van der Waals surface area contributed by atoms with Gasteiger partial charge in [0.1, 0.15) is 0 Å². The van der Waals surface area contributed by atoms with Crippen molar-refractivity contribution >= 4 is 5.97 Å². The van der Waals surface area contributed by atoms with E-state index in [1.54, 1.807) is 0 Å². The Hall–Kier alpha value is -0.650. The Kier molecular flexibility index (Phi) is 3.47. The zero-order chi connectivity index (χ0) is 10.8. The van der Waals surface area contributed by atoms with Gasteiger partial charge in [-0.25, -0.2) is 4.79 Å². The quantitative estimate of drug-likeness (QED) is 0.705. The van der Waals surface area contributed by atoms with Crippen LogP contribution in [0.4, 0.5) is 0 Å². The molecule has 2 N–H and O–H groups in total. The van der Waals surface area contributed by atoms with Crippen LogP contribution in [0.2, 0.25) is 0 Å². The van der Waals surface area contributed by atoms with Gasteiger partial charge >= 0.3 is 5.97 Å². The van der Waals surface area contributed by atoms with Crippen LogP contribution in [0, 0.1) is 5.92 Å². The molecule has 5 nitrogen and oxygen atoms in total. The van der Waals surface area contributed by atoms with Crippen molar-refractivity contribution in [1.82, 2.24) is 5.48 Å². The standard InChI is InChI=1S/C9H17NO4/c1-6(2)4-7-5-9(13-3,8(11)12)14-10-7/h6-7,10H,4-5H2,1-3H3,(H,11,12). The molecular formula is C9H17NO4. The highest BCUT2D eigenvalue weighted by Gasteiger charge is 2.48. The molecule has 82 valence electrons. The van der Waals surface area contributed by atoms with Crippen LogP contribution in [0.15, 0.2) is 0 Å². The van der Waals surface area contributed by atoms with E-state index in [1.165, 1.54) is 7.11 Å². The average molecular weight is 203 g/mol. The minimum Gasteiger partial charge on any atom is -0.477 e. The lowest BCUT2D eigenvalue weighted by atomic mass is 9.99. The molecule has 0 aromatic rings. The second kappa shape index (κ2) is 4.25. The molecule has 1 heterocycles. The van der Waals surface area contributed by atoms with Gasteiger partial charge in [0.2, 0.25) is 0 Å². The Morgan fingerprint density at radius 3 is 2.79 bits per heavy atom. The van der Waals surface area contributed by atoms with Gasteiger partial charge in [-0.3, -0.25) is 4.84 Å². The van der Waals surface area contributed by atoms with Gasteiger partial charge in [0.15, 0.2) is 0 Å². The lowest BCUT2D eigenvalue weighted by Gasteiger charge is -2.19. The number of carboxylic acid groups (broad SMARTS) is 1. The van der Waals surface area contributed by atoms with Gasteiger partial charge in [-0.05, 0) is 12.3 Å². The third-order valence-electron chi connectivity index (χ3n) is 2.32. The van der Waals surface area contributed by atoms with Crippen molar-refractivity contribution in [3.63, 3.8) is 0 Å². The number of carbonyl (C=O) groups is 1. The molecule has 1 aliphatic rings. The summed E-state index contributed by atoms with van der Waals surface area (Å²) in [7, 11) is 1.34. The molecule has 2 unspecified atom stereocenters. The Bertz CT molecular complexity index is 219. The summed E-state index contributed by atoms with van der Waals surface area (Å²) in [6, 6.07) is 0.0473. The number of hydrogen-bond donors (Lipinski definition) is 2. The van der Waals surface area contributed by atoms with Crippen LogP contribution < -0.4 is 5.48 Å². The smallest absolute Gasteiger partial charge is 0.366 e. The van der Waals surface area contributed by atoms with E-state index in [2.05, 4.69) is 19.3 Å². The fraction of sp³-hybridized carbons (Fsp3) is 0.889. The molecule has 5 heteroatoms. The molecule has 0 amide bonds. The molecule has 0 saturated carbocycles. The maximum Gasteiger partial charge on any atom is 0.366 e. The average Bonchev–Trinajstić information content (AvgIpc) is 2.48. The number of nitrogens with one attached hydrogen (secondary N) is 1. The number of rotatable bonds is 4. The monoisotopic (exact) mass is 203 g/mol. The zero-order valence-electron chi connectivity index (χ0n) is 8.74. The number of methoxy groups -OCH3 is 1. The van der Waals surface area contributed by atoms with E-state index >= 15 is 0 Å². The molecule has 1 rings (SSSR count). The third kappa shape index (κ3) is 2.23. The number of aliphatic carboxylic acids is 1. The molecule has 0 aliphatic carbocycles. The predicted molar refractivity (Wildman–Crippen MR) is 49.5 cm³/mol. The first-order valence-corrected chi connectivity index (χ1v) is 4.72. The summed E-state index contributed by atoms with van der Waals surface area (Å²) < 4.78 is 4.89. The first kappa shape index (κ1) is 11.4. The maximum absolute atomic E-state index is 10.9. The van der Waals surface area contributed by atoms with Crippen molar-refractivity contribution in [2.24, 2.45) is 5.92 Å². The maximum atomic E-state index is 10.9. The first-order chi connectivity index (χ1) is 6.50. The van der Waals surface area contributed by atoms with E-state index in [0.29, 0.717) is 12.3 Å². The van der Waals surface area contributed by atoms with Crippen molar-refractivity contribution < 1.29 is 19.5 Å². The van der Waals surface area contributed by atoms with Crippen LogP contribution in [-0.4, -0.2) is 30.0 Å². The molecule has 0 aromatic carbocycles. The van der Waals surface area contributed by atoms with Crippen molar-refractivity contribution in [3.8, 4) is 0 Å². The normalized spacial score (nSPS) is 32.4. The molecule has 1 saturated heterocycles. The molecular weight excluding hydrogens is 186 g/mol. The lowest BCUT2D eigenvalue weighted by Crippen LogP contribution is -2.40. The number of carboxylic acids is 1. The van der Waals surface area contributed by atoms with Crippen molar-refractivity contribution in [2.75, 3.05) is 7.11 Å². The molecule has 2 atom stereocenters. The van der Waals surface area contributed by atoms with Crippen molar-refractivity contribution in [2.45, 2.75) is 38.5 Å². The summed E-state index contributed by atoms with van der Waals surface area (Å²) in [4.78, 5) is 15.9. The molecule has 0 bridgehead atoms. The zero-order valence-corrected chi connectivity index (χ0v) is 8.74. The van der Waals surface area contributed by atoms with Crippen LogP contribution in [0.3, 0.4) is 0 Å². The Morgan fingerprint density at radius 2 is 2.43 bits per heavy atom. The fourth-order valence-electron chi connectivity index (χ4n) is 1.63. The predicted octanol–water partition coefficient (Wildman–Crippen LogP) is 0.753. The number of ether oxygens (including phenoxy) is 1. The summed E-state index contributed by atoms with van der Waals surface area (Å²) in [6.07, 6.45) is 1.22. The highest BCUT2D eigenvalue weighted by atomic mass is 16.8. The topological polar surface area (TPSA) is 67.8 Å². The van der Waals surface area contributed by atoms with E-state index in [0.717, 1.165) is 6.42 Å². The summed E-state index contributed by atoms with van der Waals surface area (Å²) in [6.45, 7) is 4.16. The van der Waals surface area contributed by atoms with Crippen LogP contribution in [0.25, 0.3) is 0 Å². The Morgan fingerprint density at radius 1 is 1.79 bits per heavy atom. The van der Waals surface area contributed by atoms with Gasteiger partial charge < -0.3 is 9.84 Å². The largest absolute Gasteiger partial charge is 0.477 e. The van der Waals surface area contributed by atoms with Crippen LogP contribution >= 0.6 is 0 Å². The van der Waals surface area contributed by atoms with Gasteiger partial charge in [-0.2, -0.15) is 5.48 Å². The summed E-state index contributed by atoms with van der Waals surface area (Å²) in [5.74, 6) is -2.09. The van der Waals surface area contributed by atoms with E-state index < -0.39 is 11.8 Å². The van der Waals surface area contributed by atoms with Crippen LogP contribution in [0.5, 0.6) is 0 Å². The van der Waals surface area contributed by atoms with E-state index in [9.17, 15) is 4.79 Å². The van der Waals surface area contributed by atoms with E-state index in [1.807, 2.05) is 0 Å². The second-order valence-corrected chi connectivity index (χ2v) is 4.01. The summed E-state index contributed by atoms with van der Waals surface area (Å²) in [5.41, 5.74) is 2.71. The third-order valence-corrected chi connectivity index (χ3v) is 2.32. The Labute approximate surface area is 83.3 Å². The molecule has 1 aliphatic heterocycles. The SMILES string of the molecule is COC1(C(=O)O)CC(CC(C)C)NO1. The van der Waals surface area contributed by atoms with E-state index in [-0.39, 0.29) is 6.04 Å². The number of hydroxylamine groups is 1. The van der Waals surface area contributed by atoms with Crippen molar-refractivity contribution in [3.05, 3.63) is 0 Å². The highest BCUT2D eigenvalue weighted by molar-refractivity contribution is 5.76. The van der Waals surface area contributed by atoms with Gasteiger partial charge in [0, 0.05) is 19.6 Å². The van der Waals surface area contributed by atoms with Crippen LogP contribution in [0.1, 0.15) is 26.7 Å². The van der Waals surface area contributed by atoms with Crippen LogP contribution in [-0.2, 0) is 14.4 Å². The first-order valence-electron chi connectivity index (χ1n) is 4.72. The lowest BCUT2D eigenvalue weighted by molar-refractivity contribution is -0.232. The van der Waals surface area contributed by atoms with Crippen molar-refractivity contribution in [1.29, 1.82) is 0 Å². The summed E-state index contributed by atoms with van der Waals surface area (Å²) in [5, 5.41) is 8.93. The molecule has 0 aromatic heterocycles. The minimum atomic E-state index is -1.50. The van der Waals surface area contributed by atoms with Gasteiger partial charge in [-0.15, -0.1) is 0 Å². The second-order valence-electron chi connectivity index (χ2n) is 4.01.